The number of carbonyl (C=O) groups excluding carboxylic acids is 2. The van der Waals surface area contributed by atoms with Crippen LogP contribution < -0.4 is 11.1 Å². The van der Waals surface area contributed by atoms with Gasteiger partial charge in [0, 0.05) is 11.6 Å². The fourth-order valence-electron chi connectivity index (χ4n) is 3.15. The second kappa shape index (κ2) is 5.91. The van der Waals surface area contributed by atoms with Crippen molar-refractivity contribution in [2.75, 3.05) is 0 Å². The molecule has 1 aromatic carbocycles. The van der Waals surface area contributed by atoms with Gasteiger partial charge in [-0.05, 0) is 62.4 Å². The summed E-state index contributed by atoms with van der Waals surface area (Å²) >= 11 is 0. The number of hydrogen-bond acceptors (Lipinski definition) is 3. The highest BCUT2D eigenvalue weighted by molar-refractivity contribution is 5.95. The van der Waals surface area contributed by atoms with E-state index in [9.17, 15) is 9.59 Å². The van der Waals surface area contributed by atoms with E-state index in [1.54, 1.807) is 19.1 Å². The van der Waals surface area contributed by atoms with Crippen molar-refractivity contribution in [1.29, 1.82) is 0 Å². The molecule has 120 valence electrons. The number of amides is 2. The fraction of sp³-hybridized carbons (Fsp3) is 0.333. The number of benzene rings is 1. The summed E-state index contributed by atoms with van der Waals surface area (Å²) < 4.78 is 5.41. The van der Waals surface area contributed by atoms with Crippen LogP contribution in [0.4, 0.5) is 0 Å². The quantitative estimate of drug-likeness (QED) is 0.911. The van der Waals surface area contributed by atoms with Crippen molar-refractivity contribution in [2.24, 2.45) is 5.73 Å². The number of aryl methyl sites for hydroxylation is 3. The summed E-state index contributed by atoms with van der Waals surface area (Å²) in [4.78, 5) is 23.6. The number of rotatable bonds is 3. The third-order valence-corrected chi connectivity index (χ3v) is 4.34. The lowest BCUT2D eigenvalue weighted by molar-refractivity contribution is 0.0931. The van der Waals surface area contributed by atoms with Crippen molar-refractivity contribution < 1.29 is 14.0 Å². The van der Waals surface area contributed by atoms with Crippen LogP contribution in [0.3, 0.4) is 0 Å². The van der Waals surface area contributed by atoms with E-state index in [1.165, 1.54) is 0 Å². The largest absolute Gasteiger partial charge is 0.466 e. The third-order valence-electron chi connectivity index (χ3n) is 4.34. The van der Waals surface area contributed by atoms with Crippen LogP contribution >= 0.6 is 0 Å². The highest BCUT2D eigenvalue weighted by atomic mass is 16.3. The molecule has 2 amide bonds. The van der Waals surface area contributed by atoms with E-state index in [0.29, 0.717) is 16.9 Å². The summed E-state index contributed by atoms with van der Waals surface area (Å²) in [6.07, 6.45) is 2.43. The van der Waals surface area contributed by atoms with Crippen molar-refractivity contribution in [1.82, 2.24) is 5.32 Å². The Labute approximate surface area is 134 Å². The van der Waals surface area contributed by atoms with Gasteiger partial charge >= 0.3 is 0 Å². The number of fused-ring (bicyclic) bond motifs is 1. The van der Waals surface area contributed by atoms with Crippen LogP contribution in [0, 0.1) is 13.8 Å². The molecule has 0 radical (unpaired) electrons. The molecule has 5 nitrogen and oxygen atoms in total. The molecule has 1 aliphatic carbocycles. The number of hydrogen-bond donors (Lipinski definition) is 2. The van der Waals surface area contributed by atoms with Crippen LogP contribution in [-0.4, -0.2) is 17.9 Å². The van der Waals surface area contributed by atoms with E-state index in [1.807, 2.05) is 19.1 Å². The van der Waals surface area contributed by atoms with E-state index in [0.717, 1.165) is 36.1 Å². The second-order valence-electron chi connectivity index (χ2n) is 6.09. The first kappa shape index (κ1) is 15.3. The molecule has 0 spiro atoms. The lowest BCUT2D eigenvalue weighted by atomic mass is 9.87. The summed E-state index contributed by atoms with van der Waals surface area (Å²) in [7, 11) is 0. The first-order chi connectivity index (χ1) is 10.9. The maximum Gasteiger partial charge on any atom is 0.255 e. The molecule has 1 atom stereocenters. The maximum absolute atomic E-state index is 12.4. The highest BCUT2D eigenvalue weighted by Crippen LogP contribution is 2.23. The van der Waals surface area contributed by atoms with Crippen molar-refractivity contribution in [2.45, 2.75) is 39.2 Å². The zero-order chi connectivity index (χ0) is 16.6. The van der Waals surface area contributed by atoms with Gasteiger partial charge in [0.1, 0.15) is 11.5 Å². The molecule has 0 saturated heterocycles. The molecular formula is C18H20N2O3. The molecule has 2 aromatic rings. The van der Waals surface area contributed by atoms with Crippen LogP contribution in [0.5, 0.6) is 0 Å². The minimum absolute atomic E-state index is 0.0871. The lowest BCUT2D eigenvalue weighted by Crippen LogP contribution is -2.39. The summed E-state index contributed by atoms with van der Waals surface area (Å²) in [6, 6.07) is 7.39. The van der Waals surface area contributed by atoms with E-state index in [2.05, 4.69) is 5.32 Å². The summed E-state index contributed by atoms with van der Waals surface area (Å²) in [5.41, 5.74) is 8.75. The van der Waals surface area contributed by atoms with E-state index < -0.39 is 5.91 Å². The number of carbonyl (C=O) groups is 2. The van der Waals surface area contributed by atoms with Crippen LogP contribution in [0.25, 0.3) is 0 Å². The molecule has 1 aromatic heterocycles. The Morgan fingerprint density at radius 1 is 1.22 bits per heavy atom. The van der Waals surface area contributed by atoms with E-state index in [4.69, 9.17) is 10.2 Å². The Bertz CT molecular complexity index is 777. The van der Waals surface area contributed by atoms with Gasteiger partial charge in [-0.3, -0.25) is 9.59 Å². The molecule has 1 heterocycles. The molecule has 0 saturated carbocycles. The molecule has 0 aliphatic heterocycles. The first-order valence-corrected chi connectivity index (χ1v) is 7.73. The normalized spacial score (nSPS) is 16.7. The predicted molar refractivity (Wildman–Crippen MR) is 86.4 cm³/mol. The van der Waals surface area contributed by atoms with E-state index in [-0.39, 0.29) is 11.9 Å². The number of primary amides is 1. The zero-order valence-electron chi connectivity index (χ0n) is 13.3. The molecule has 0 fully saturated rings. The fourth-order valence-corrected chi connectivity index (χ4v) is 3.15. The van der Waals surface area contributed by atoms with Gasteiger partial charge in [-0.25, -0.2) is 0 Å². The smallest absolute Gasteiger partial charge is 0.255 e. The molecule has 5 heteroatoms. The topological polar surface area (TPSA) is 85.3 Å². The monoisotopic (exact) mass is 312 g/mol. The van der Waals surface area contributed by atoms with Crippen molar-refractivity contribution in [3.63, 3.8) is 0 Å². The molecule has 3 N–H and O–H groups in total. The summed E-state index contributed by atoms with van der Waals surface area (Å²) in [5, 5.41) is 3.08. The zero-order valence-corrected chi connectivity index (χ0v) is 13.3. The van der Waals surface area contributed by atoms with Crippen LogP contribution in [0.15, 0.2) is 28.7 Å². The Hall–Kier alpha value is -2.56. The summed E-state index contributed by atoms with van der Waals surface area (Å²) in [6.45, 7) is 3.63. The van der Waals surface area contributed by atoms with Gasteiger partial charge in [0.05, 0.1) is 5.56 Å². The molecular weight excluding hydrogens is 292 g/mol. The Morgan fingerprint density at radius 2 is 2.00 bits per heavy atom. The number of nitrogens with two attached hydrogens (primary N) is 1. The molecule has 3 rings (SSSR count). The number of furan rings is 1. The van der Waals surface area contributed by atoms with Gasteiger partial charge < -0.3 is 15.5 Å². The Kier molecular flexibility index (Phi) is 3.94. The highest BCUT2D eigenvalue weighted by Gasteiger charge is 2.23. The van der Waals surface area contributed by atoms with Crippen molar-refractivity contribution in [3.05, 3.63) is 58.0 Å². The standard InChI is InChI=1S/C18H20N2O3/c1-10-7-16(11(2)23-10)18(22)20-15-6-5-12-8-14(17(19)21)4-3-13(12)9-15/h3-4,7-8,15H,5-6,9H2,1-2H3,(H2,19,21)(H,20,22). The minimum Gasteiger partial charge on any atom is -0.466 e. The molecule has 1 aliphatic rings. The van der Waals surface area contributed by atoms with Gasteiger partial charge in [0.15, 0.2) is 0 Å². The Balaban J connectivity index is 1.71. The SMILES string of the molecule is Cc1cc(C(=O)NC2CCc3cc(C(N)=O)ccc3C2)c(C)o1. The summed E-state index contributed by atoms with van der Waals surface area (Å²) in [5.74, 6) is 0.874. The molecule has 0 bridgehead atoms. The minimum atomic E-state index is -0.408. The van der Waals surface area contributed by atoms with Crippen LogP contribution in [0.1, 0.15) is 49.8 Å². The third kappa shape index (κ3) is 3.13. The number of nitrogens with one attached hydrogen (secondary N) is 1. The predicted octanol–water partition coefficient (Wildman–Crippen LogP) is 2.28. The first-order valence-electron chi connectivity index (χ1n) is 7.73. The van der Waals surface area contributed by atoms with Gasteiger partial charge in [0.25, 0.3) is 5.91 Å². The van der Waals surface area contributed by atoms with Crippen molar-refractivity contribution in [3.8, 4) is 0 Å². The molecule has 1 unspecified atom stereocenters. The van der Waals surface area contributed by atoms with Gasteiger partial charge in [-0.15, -0.1) is 0 Å². The second-order valence-corrected chi connectivity index (χ2v) is 6.09. The van der Waals surface area contributed by atoms with Gasteiger partial charge in [0.2, 0.25) is 5.91 Å². The average Bonchev–Trinajstić information content (AvgIpc) is 2.85. The van der Waals surface area contributed by atoms with Gasteiger partial charge in [-0.2, -0.15) is 0 Å². The van der Waals surface area contributed by atoms with Crippen LogP contribution in [0.2, 0.25) is 0 Å². The van der Waals surface area contributed by atoms with Crippen LogP contribution in [-0.2, 0) is 12.8 Å². The lowest BCUT2D eigenvalue weighted by Gasteiger charge is -2.25. The van der Waals surface area contributed by atoms with Crippen molar-refractivity contribution >= 4 is 11.8 Å². The average molecular weight is 312 g/mol. The van der Waals surface area contributed by atoms with E-state index >= 15 is 0 Å². The molecule has 23 heavy (non-hydrogen) atoms. The maximum atomic E-state index is 12.4. The van der Waals surface area contributed by atoms with Gasteiger partial charge in [-0.1, -0.05) is 6.07 Å². The Morgan fingerprint density at radius 3 is 2.65 bits per heavy atom.